The summed E-state index contributed by atoms with van der Waals surface area (Å²) in [5.74, 6) is 6.82. The summed E-state index contributed by atoms with van der Waals surface area (Å²) in [6.07, 6.45) is 6.90. The van der Waals surface area contributed by atoms with Gasteiger partial charge in [0.05, 0.1) is 0 Å². The van der Waals surface area contributed by atoms with E-state index in [-0.39, 0.29) is 0 Å². The molecule has 28 heavy (non-hydrogen) atoms. The van der Waals surface area contributed by atoms with E-state index < -0.39 is 5.60 Å². The Morgan fingerprint density at radius 3 is 2.64 bits per heavy atom. The second kappa shape index (κ2) is 7.75. The van der Waals surface area contributed by atoms with Gasteiger partial charge in [0, 0.05) is 62.0 Å². The molecule has 0 radical (unpaired) electrons. The molecule has 0 saturated carbocycles. The van der Waals surface area contributed by atoms with Crippen LogP contribution in [0.3, 0.4) is 0 Å². The lowest BCUT2D eigenvalue weighted by molar-refractivity contribution is 0.0239. The minimum Gasteiger partial charge on any atom is -0.377 e. The summed E-state index contributed by atoms with van der Waals surface area (Å²) in [7, 11) is 0. The molecule has 3 aromatic heterocycles. The number of hydrogen-bond acceptors (Lipinski definition) is 4. The number of fused-ring (bicyclic) bond motifs is 1. The SMILES string of the molecule is CC(C)CN1CCC(O)(C#Cc2ccc3c(-c4ccncc4)c[nH]c3n2)CC1. The van der Waals surface area contributed by atoms with Crippen molar-refractivity contribution in [1.29, 1.82) is 0 Å². The largest absolute Gasteiger partial charge is 0.377 e. The number of nitrogens with zero attached hydrogens (tertiary/aromatic N) is 3. The van der Waals surface area contributed by atoms with Gasteiger partial charge in [-0.25, -0.2) is 4.98 Å². The average molecular weight is 374 g/mol. The second-order valence-electron chi connectivity index (χ2n) is 8.01. The fourth-order valence-electron chi connectivity index (χ4n) is 3.77. The van der Waals surface area contributed by atoms with Crippen LogP contribution in [0.1, 0.15) is 32.4 Å². The van der Waals surface area contributed by atoms with E-state index in [1.54, 1.807) is 12.4 Å². The zero-order valence-electron chi connectivity index (χ0n) is 16.4. The summed E-state index contributed by atoms with van der Waals surface area (Å²) in [6.45, 7) is 7.31. The molecule has 1 aliphatic heterocycles. The van der Waals surface area contributed by atoms with E-state index >= 15 is 0 Å². The van der Waals surface area contributed by atoms with E-state index in [2.05, 4.69) is 45.5 Å². The maximum atomic E-state index is 10.8. The van der Waals surface area contributed by atoms with Gasteiger partial charge in [0.2, 0.25) is 0 Å². The number of aromatic nitrogens is 3. The third-order valence-electron chi connectivity index (χ3n) is 5.26. The Labute approximate surface area is 165 Å². The Morgan fingerprint density at radius 1 is 1.18 bits per heavy atom. The van der Waals surface area contributed by atoms with E-state index in [9.17, 15) is 5.11 Å². The van der Waals surface area contributed by atoms with Gasteiger partial charge in [0.25, 0.3) is 0 Å². The molecule has 1 fully saturated rings. The Kier molecular flexibility index (Phi) is 5.17. The molecule has 0 spiro atoms. The van der Waals surface area contributed by atoms with Gasteiger partial charge < -0.3 is 15.0 Å². The van der Waals surface area contributed by atoms with Gasteiger partial charge in [-0.1, -0.05) is 19.8 Å². The number of piperidine rings is 1. The maximum absolute atomic E-state index is 10.8. The molecular formula is C23H26N4O. The van der Waals surface area contributed by atoms with Crippen molar-refractivity contribution in [3.05, 3.63) is 48.5 Å². The van der Waals surface area contributed by atoms with Crippen LogP contribution in [0.15, 0.2) is 42.9 Å². The zero-order chi connectivity index (χ0) is 19.6. The van der Waals surface area contributed by atoms with Crippen LogP contribution in [-0.2, 0) is 0 Å². The first-order valence-electron chi connectivity index (χ1n) is 9.89. The molecule has 0 bridgehead atoms. The fourth-order valence-corrected chi connectivity index (χ4v) is 3.77. The molecule has 0 unspecified atom stereocenters. The van der Waals surface area contributed by atoms with Crippen LogP contribution in [0.25, 0.3) is 22.2 Å². The van der Waals surface area contributed by atoms with Gasteiger partial charge in [0.15, 0.2) is 0 Å². The highest BCUT2D eigenvalue weighted by molar-refractivity contribution is 5.93. The predicted octanol–water partition coefficient (Wildman–Crippen LogP) is 3.46. The highest BCUT2D eigenvalue weighted by atomic mass is 16.3. The fraction of sp³-hybridized carbons (Fsp3) is 0.391. The molecule has 144 valence electrons. The lowest BCUT2D eigenvalue weighted by Crippen LogP contribution is -2.44. The molecule has 2 N–H and O–H groups in total. The van der Waals surface area contributed by atoms with Crippen molar-refractivity contribution < 1.29 is 5.11 Å². The van der Waals surface area contributed by atoms with Gasteiger partial charge in [-0.2, -0.15) is 0 Å². The van der Waals surface area contributed by atoms with Gasteiger partial charge >= 0.3 is 0 Å². The van der Waals surface area contributed by atoms with Crippen molar-refractivity contribution in [3.8, 4) is 23.0 Å². The maximum Gasteiger partial charge on any atom is 0.139 e. The van der Waals surface area contributed by atoms with Gasteiger partial charge in [-0.05, 0) is 41.7 Å². The number of likely N-dealkylation sites (tertiary alicyclic amines) is 1. The van der Waals surface area contributed by atoms with Crippen molar-refractivity contribution in [2.45, 2.75) is 32.3 Å². The van der Waals surface area contributed by atoms with Crippen molar-refractivity contribution in [2.75, 3.05) is 19.6 Å². The summed E-state index contributed by atoms with van der Waals surface area (Å²) in [5.41, 5.74) is 2.76. The summed E-state index contributed by atoms with van der Waals surface area (Å²) in [6, 6.07) is 7.92. The molecule has 5 heteroatoms. The van der Waals surface area contributed by atoms with Crippen LogP contribution in [0, 0.1) is 17.8 Å². The van der Waals surface area contributed by atoms with Crippen LogP contribution in [0.4, 0.5) is 0 Å². The number of aliphatic hydroxyl groups is 1. The molecule has 4 rings (SSSR count). The summed E-state index contributed by atoms with van der Waals surface area (Å²) < 4.78 is 0. The quantitative estimate of drug-likeness (QED) is 0.689. The molecule has 4 heterocycles. The molecule has 1 saturated heterocycles. The minimum absolute atomic E-state index is 0.644. The van der Waals surface area contributed by atoms with Crippen molar-refractivity contribution >= 4 is 11.0 Å². The standard InChI is InChI=1S/C23H26N4O/c1-17(2)16-27-13-9-23(28,10-14-27)8-5-19-3-4-20-21(15-25-22(20)26-19)18-6-11-24-12-7-18/h3-4,6-7,11-12,15,17,28H,9-10,13-14,16H2,1-2H3,(H,25,26). The third kappa shape index (κ3) is 4.09. The Balaban J connectivity index is 1.51. The number of hydrogen-bond donors (Lipinski definition) is 2. The van der Waals surface area contributed by atoms with Crippen molar-refractivity contribution in [2.24, 2.45) is 5.92 Å². The highest BCUT2D eigenvalue weighted by Gasteiger charge is 2.30. The van der Waals surface area contributed by atoms with E-state index in [0.29, 0.717) is 24.5 Å². The molecule has 0 atom stereocenters. The summed E-state index contributed by atoms with van der Waals surface area (Å²) >= 11 is 0. The topological polar surface area (TPSA) is 65.0 Å². The Morgan fingerprint density at radius 2 is 1.93 bits per heavy atom. The molecule has 0 aliphatic carbocycles. The van der Waals surface area contributed by atoms with Crippen LogP contribution >= 0.6 is 0 Å². The van der Waals surface area contributed by atoms with Crippen LogP contribution < -0.4 is 0 Å². The second-order valence-corrected chi connectivity index (χ2v) is 8.01. The molecule has 5 nitrogen and oxygen atoms in total. The number of rotatable bonds is 3. The molecule has 1 aliphatic rings. The molecule has 3 aromatic rings. The first kappa shape index (κ1) is 18.7. The van der Waals surface area contributed by atoms with Crippen LogP contribution in [0.5, 0.6) is 0 Å². The lowest BCUT2D eigenvalue weighted by atomic mass is 9.91. The molecular weight excluding hydrogens is 348 g/mol. The molecule has 0 amide bonds. The number of nitrogens with one attached hydrogen (secondary N) is 1. The lowest BCUT2D eigenvalue weighted by Gasteiger charge is -2.35. The predicted molar refractivity (Wildman–Crippen MR) is 112 cm³/mol. The Bertz CT molecular complexity index is 1010. The van der Waals surface area contributed by atoms with Gasteiger partial charge in [-0.3, -0.25) is 4.98 Å². The summed E-state index contributed by atoms with van der Waals surface area (Å²) in [5, 5.41) is 11.9. The van der Waals surface area contributed by atoms with E-state index in [1.807, 2.05) is 30.5 Å². The number of aromatic amines is 1. The first-order chi connectivity index (χ1) is 13.5. The number of H-pyrrole nitrogens is 1. The Hall–Kier alpha value is -2.68. The minimum atomic E-state index is -0.915. The highest BCUT2D eigenvalue weighted by Crippen LogP contribution is 2.27. The smallest absolute Gasteiger partial charge is 0.139 e. The van der Waals surface area contributed by atoms with E-state index in [4.69, 9.17) is 0 Å². The van der Waals surface area contributed by atoms with Gasteiger partial charge in [0.1, 0.15) is 16.9 Å². The van der Waals surface area contributed by atoms with Gasteiger partial charge in [-0.15, -0.1) is 0 Å². The van der Waals surface area contributed by atoms with Crippen LogP contribution in [0.2, 0.25) is 0 Å². The van der Waals surface area contributed by atoms with E-state index in [1.165, 1.54) is 0 Å². The normalized spacial score (nSPS) is 16.9. The van der Waals surface area contributed by atoms with Crippen molar-refractivity contribution in [1.82, 2.24) is 19.9 Å². The third-order valence-corrected chi connectivity index (χ3v) is 5.26. The van der Waals surface area contributed by atoms with E-state index in [0.717, 1.165) is 41.8 Å². The monoisotopic (exact) mass is 374 g/mol. The van der Waals surface area contributed by atoms with Crippen molar-refractivity contribution in [3.63, 3.8) is 0 Å². The first-order valence-corrected chi connectivity index (χ1v) is 9.89. The number of pyridine rings is 2. The zero-order valence-corrected chi connectivity index (χ0v) is 16.4. The summed E-state index contributed by atoms with van der Waals surface area (Å²) in [4.78, 5) is 14.3. The molecule has 0 aromatic carbocycles. The van der Waals surface area contributed by atoms with Crippen LogP contribution in [-0.4, -0.2) is 50.2 Å². The average Bonchev–Trinajstić information content (AvgIpc) is 3.12.